The summed E-state index contributed by atoms with van der Waals surface area (Å²) in [4.78, 5) is 0. The Hall–Kier alpha value is -0.210. The quantitative estimate of drug-likeness (QED) is 0.522. The highest BCUT2D eigenvalue weighted by Crippen LogP contribution is 2.45. The topological polar surface area (TPSA) is 0 Å². The van der Waals surface area contributed by atoms with E-state index < -0.39 is 12.1 Å². The molecule has 2 aliphatic rings. The Balaban J connectivity index is 0. The molecule has 0 unspecified atom stereocenters. The van der Waals surface area contributed by atoms with Crippen LogP contribution in [-0.2, 0) is 0 Å². The van der Waals surface area contributed by atoms with Crippen LogP contribution in [0.3, 0.4) is 0 Å². The van der Waals surface area contributed by atoms with Crippen LogP contribution >= 0.6 is 0 Å². The molecule has 0 atom stereocenters. The number of hydrogen-bond donors (Lipinski definition) is 0. The molecule has 112 valence electrons. The van der Waals surface area contributed by atoms with E-state index in [1.807, 2.05) is 0 Å². The lowest BCUT2D eigenvalue weighted by atomic mass is 9.69. The maximum absolute atomic E-state index is 12.6. The van der Waals surface area contributed by atoms with Crippen molar-refractivity contribution in [2.24, 2.45) is 23.7 Å². The zero-order valence-corrected chi connectivity index (χ0v) is 10.6. The fourth-order valence-electron chi connectivity index (χ4n) is 3.68. The highest BCUT2D eigenvalue weighted by molar-refractivity contribution is 4.83. The second kappa shape index (κ2) is 6.29. The van der Waals surface area contributed by atoms with Gasteiger partial charge in [0.15, 0.2) is 0 Å². The van der Waals surface area contributed by atoms with Crippen molar-refractivity contribution in [2.75, 3.05) is 0 Å². The van der Waals surface area contributed by atoms with Crippen LogP contribution in [0.5, 0.6) is 0 Å². The van der Waals surface area contributed by atoms with Crippen LogP contribution in [0.4, 0.5) is 13.2 Å². The van der Waals surface area contributed by atoms with Crippen molar-refractivity contribution >= 4 is 0 Å². The highest BCUT2D eigenvalue weighted by Gasteiger charge is 2.42. The van der Waals surface area contributed by atoms with Gasteiger partial charge in [0.25, 0.3) is 0 Å². The van der Waals surface area contributed by atoms with Gasteiger partial charge in [0.05, 0.1) is 5.92 Å². The van der Waals surface area contributed by atoms with Crippen molar-refractivity contribution < 1.29 is 16.0 Å². The molecule has 18 heavy (non-hydrogen) atoms. The highest BCUT2D eigenvalue weighted by atomic mass is 19.4. The zero-order valence-electron chi connectivity index (χ0n) is 10.6. The average Bonchev–Trinajstić information content (AvgIpc) is 2.29. The molecule has 2 aliphatic carbocycles. The van der Waals surface area contributed by atoms with Gasteiger partial charge < -0.3 is 0 Å². The monoisotopic (exact) mass is 268 g/mol. The maximum Gasteiger partial charge on any atom is 0.391 e. The molecule has 0 aromatic rings. The normalized spacial score (nSPS) is 38.0. The molecule has 0 radical (unpaired) electrons. The summed E-state index contributed by atoms with van der Waals surface area (Å²) < 4.78 is 37.7. The summed E-state index contributed by atoms with van der Waals surface area (Å²) in [6, 6.07) is 0. The van der Waals surface area contributed by atoms with Gasteiger partial charge in [0.1, 0.15) is 0 Å². The lowest BCUT2D eigenvalue weighted by Gasteiger charge is -2.37. The molecule has 0 aliphatic heterocycles. The summed E-state index contributed by atoms with van der Waals surface area (Å²) in [5.74, 6) is 1.13. The number of rotatable bonds is 1. The van der Waals surface area contributed by atoms with E-state index in [1.54, 1.807) is 0 Å². The average molecular weight is 268 g/mol. The van der Waals surface area contributed by atoms with E-state index in [1.165, 1.54) is 25.7 Å². The minimum Gasteiger partial charge on any atom is -0.171 e. The van der Waals surface area contributed by atoms with E-state index in [9.17, 15) is 13.2 Å². The molecule has 0 N–H and O–H groups in total. The lowest BCUT2D eigenvalue weighted by Crippen LogP contribution is -2.31. The fraction of sp³-hybridized carbons (Fsp3) is 1.00. The molecule has 0 amide bonds. The number of hydrogen-bond acceptors (Lipinski definition) is 0. The van der Waals surface area contributed by atoms with Crippen molar-refractivity contribution in [2.45, 2.75) is 71.9 Å². The van der Waals surface area contributed by atoms with Gasteiger partial charge in [-0.1, -0.05) is 27.2 Å². The summed E-state index contributed by atoms with van der Waals surface area (Å²) in [5.41, 5.74) is 0. The van der Waals surface area contributed by atoms with Gasteiger partial charge in [-0.15, -0.1) is 0 Å². The van der Waals surface area contributed by atoms with Crippen molar-refractivity contribution in [3.05, 3.63) is 0 Å². The van der Waals surface area contributed by atoms with E-state index in [0.29, 0.717) is 18.8 Å². The molecule has 2 saturated carbocycles. The largest absolute Gasteiger partial charge is 0.391 e. The van der Waals surface area contributed by atoms with Crippen LogP contribution in [0.2, 0.25) is 0 Å². The molecule has 2 rings (SSSR count). The summed E-state index contributed by atoms with van der Waals surface area (Å²) in [6.07, 6.45) is 3.48. The molecule has 0 saturated heterocycles. The summed E-state index contributed by atoms with van der Waals surface area (Å²) >= 11 is 0. The third kappa shape index (κ3) is 3.89. The Bertz CT molecular complexity index is 240. The molecular formula is C15H31F3. The second-order valence-corrected chi connectivity index (χ2v) is 6.17. The van der Waals surface area contributed by atoms with Crippen LogP contribution in [0.15, 0.2) is 0 Å². The Labute approximate surface area is 112 Å². The smallest absolute Gasteiger partial charge is 0.171 e. The molecule has 0 spiro atoms. The Morgan fingerprint density at radius 3 is 1.56 bits per heavy atom. The van der Waals surface area contributed by atoms with E-state index in [-0.39, 0.29) is 10.3 Å². The summed E-state index contributed by atoms with van der Waals surface area (Å²) in [7, 11) is 0. The minimum atomic E-state index is -3.95. The van der Waals surface area contributed by atoms with Gasteiger partial charge in [-0.2, -0.15) is 13.2 Å². The van der Waals surface area contributed by atoms with Gasteiger partial charge in [-0.3, -0.25) is 0 Å². The third-order valence-electron chi connectivity index (χ3n) is 4.96. The van der Waals surface area contributed by atoms with Crippen molar-refractivity contribution in [1.29, 1.82) is 0 Å². The molecule has 0 aromatic heterocycles. The van der Waals surface area contributed by atoms with Gasteiger partial charge in [-0.25, -0.2) is 0 Å². The molecule has 2 fully saturated rings. The molecule has 0 bridgehead atoms. The standard InChI is InChI=1S/C14H23F3.CH4.2H2/c1-10-2-4-11(5-3-10)12-6-8-13(9-7-12)14(15,16)17;;;/h10-13H,2-9H2,1H3;1H4;2*1H. The predicted molar refractivity (Wildman–Crippen MR) is 73.6 cm³/mol. The van der Waals surface area contributed by atoms with Crippen molar-refractivity contribution in [1.82, 2.24) is 0 Å². The first-order valence-corrected chi connectivity index (χ1v) is 7.03. The molecule has 0 aromatic carbocycles. The Morgan fingerprint density at radius 2 is 1.17 bits per heavy atom. The summed E-state index contributed by atoms with van der Waals surface area (Å²) in [6.45, 7) is 2.29. The van der Waals surface area contributed by atoms with E-state index in [4.69, 9.17) is 0 Å². The predicted octanol–water partition coefficient (Wildman–Crippen LogP) is 6.31. The van der Waals surface area contributed by atoms with Gasteiger partial charge in [0, 0.05) is 2.85 Å². The molecular weight excluding hydrogens is 237 g/mol. The van der Waals surface area contributed by atoms with E-state index in [0.717, 1.165) is 24.7 Å². The van der Waals surface area contributed by atoms with Crippen molar-refractivity contribution in [3.63, 3.8) is 0 Å². The number of alkyl halides is 3. The third-order valence-corrected chi connectivity index (χ3v) is 4.96. The maximum atomic E-state index is 12.6. The SMILES string of the molecule is C.CC1CCC(C2CCC(C(F)(F)F)CC2)CC1.[HH].[HH]. The first-order chi connectivity index (χ1) is 7.97. The lowest BCUT2D eigenvalue weighted by molar-refractivity contribution is -0.185. The Kier molecular flexibility index (Phi) is 5.54. The Morgan fingerprint density at radius 1 is 0.778 bits per heavy atom. The van der Waals surface area contributed by atoms with Crippen LogP contribution in [0.1, 0.15) is 68.6 Å². The van der Waals surface area contributed by atoms with E-state index in [2.05, 4.69) is 6.92 Å². The molecule has 3 heteroatoms. The fourth-order valence-corrected chi connectivity index (χ4v) is 3.68. The van der Waals surface area contributed by atoms with Crippen LogP contribution in [0, 0.1) is 23.7 Å². The molecule has 0 heterocycles. The van der Waals surface area contributed by atoms with Crippen LogP contribution < -0.4 is 0 Å². The van der Waals surface area contributed by atoms with Crippen molar-refractivity contribution in [3.8, 4) is 0 Å². The first-order valence-electron chi connectivity index (χ1n) is 7.03. The van der Waals surface area contributed by atoms with Gasteiger partial charge in [-0.05, 0) is 56.3 Å². The van der Waals surface area contributed by atoms with Gasteiger partial charge in [0.2, 0.25) is 0 Å². The minimum absolute atomic E-state index is 0. The van der Waals surface area contributed by atoms with Crippen LogP contribution in [0.25, 0.3) is 0 Å². The van der Waals surface area contributed by atoms with E-state index >= 15 is 0 Å². The number of halogens is 3. The molecule has 0 nitrogen and oxygen atoms in total. The second-order valence-electron chi connectivity index (χ2n) is 6.17. The summed E-state index contributed by atoms with van der Waals surface area (Å²) in [5, 5.41) is 0. The zero-order chi connectivity index (χ0) is 12.5. The van der Waals surface area contributed by atoms with Crippen LogP contribution in [-0.4, -0.2) is 6.18 Å². The van der Waals surface area contributed by atoms with Gasteiger partial charge >= 0.3 is 6.18 Å². The first kappa shape index (κ1) is 15.8.